The number of nitrogens with one attached hydrogen (secondary N) is 1. The number of fused-ring (bicyclic) bond motifs is 2. The highest BCUT2D eigenvalue weighted by molar-refractivity contribution is 5.89. The summed E-state index contributed by atoms with van der Waals surface area (Å²) in [5.74, 6) is 3.02. The molecule has 1 N–H and O–H groups in total. The zero-order valence-corrected chi connectivity index (χ0v) is 18.8. The molecule has 33 heavy (non-hydrogen) atoms. The summed E-state index contributed by atoms with van der Waals surface area (Å²) in [7, 11) is 1.61. The third-order valence-electron chi connectivity index (χ3n) is 6.87. The Morgan fingerprint density at radius 2 is 1.94 bits per heavy atom. The molecule has 0 radical (unpaired) electrons. The topological polar surface area (TPSA) is 80.3 Å². The number of hydrogen-bond donors (Lipinski definition) is 1. The lowest BCUT2D eigenvalue weighted by atomic mass is 9.82. The Balaban J connectivity index is 1.20. The van der Waals surface area contributed by atoms with Crippen LogP contribution in [0, 0.1) is 11.8 Å². The van der Waals surface area contributed by atoms with Crippen LogP contribution in [0.3, 0.4) is 0 Å². The molecule has 3 amide bonds. The number of urea groups is 1. The number of carbonyl (C=O) groups is 2. The van der Waals surface area contributed by atoms with Crippen molar-refractivity contribution in [1.29, 1.82) is 0 Å². The van der Waals surface area contributed by atoms with E-state index in [4.69, 9.17) is 14.2 Å². The maximum Gasteiger partial charge on any atom is 0.321 e. The summed E-state index contributed by atoms with van der Waals surface area (Å²) >= 11 is 0. The van der Waals surface area contributed by atoms with E-state index in [2.05, 4.69) is 5.32 Å². The molecule has 2 fully saturated rings. The Kier molecular flexibility index (Phi) is 5.98. The lowest BCUT2D eigenvalue weighted by Gasteiger charge is -2.37. The van der Waals surface area contributed by atoms with E-state index in [-0.39, 0.29) is 18.7 Å². The molecule has 0 bridgehead atoms. The minimum absolute atomic E-state index is 0.102. The number of amides is 3. The number of nitrogens with zero attached hydrogens (tertiary/aromatic N) is 2. The number of benzene rings is 2. The van der Waals surface area contributed by atoms with E-state index in [9.17, 15) is 9.59 Å². The molecule has 5 rings (SSSR count). The van der Waals surface area contributed by atoms with Gasteiger partial charge < -0.3 is 29.3 Å². The number of methoxy groups -OCH3 is 1. The van der Waals surface area contributed by atoms with Crippen LogP contribution >= 0.6 is 0 Å². The molecule has 0 saturated carbocycles. The van der Waals surface area contributed by atoms with Crippen molar-refractivity contribution in [3.05, 3.63) is 48.0 Å². The summed E-state index contributed by atoms with van der Waals surface area (Å²) in [6.45, 7) is 2.83. The summed E-state index contributed by atoms with van der Waals surface area (Å²) in [4.78, 5) is 29.7. The third-order valence-corrected chi connectivity index (χ3v) is 6.87. The van der Waals surface area contributed by atoms with Gasteiger partial charge >= 0.3 is 6.03 Å². The second kappa shape index (κ2) is 9.21. The Morgan fingerprint density at radius 3 is 2.82 bits per heavy atom. The van der Waals surface area contributed by atoms with Gasteiger partial charge in [-0.2, -0.15) is 0 Å². The van der Waals surface area contributed by atoms with Crippen LogP contribution in [0.15, 0.2) is 42.5 Å². The highest BCUT2D eigenvalue weighted by atomic mass is 16.7. The number of anilines is 1. The molecule has 2 aromatic carbocycles. The van der Waals surface area contributed by atoms with E-state index < -0.39 is 0 Å². The molecule has 3 heterocycles. The van der Waals surface area contributed by atoms with E-state index in [0.717, 1.165) is 29.9 Å². The summed E-state index contributed by atoms with van der Waals surface area (Å²) in [6, 6.07) is 13.1. The van der Waals surface area contributed by atoms with Gasteiger partial charge in [-0.05, 0) is 54.5 Å². The first-order valence-corrected chi connectivity index (χ1v) is 11.5. The lowest BCUT2D eigenvalue weighted by Crippen LogP contribution is -2.45. The molecule has 8 nitrogen and oxygen atoms in total. The number of likely N-dealkylation sites (tertiary alicyclic amines) is 2. The fraction of sp³-hybridized carbons (Fsp3) is 0.440. The third kappa shape index (κ3) is 4.69. The van der Waals surface area contributed by atoms with Crippen molar-refractivity contribution in [3.8, 4) is 17.2 Å². The van der Waals surface area contributed by atoms with Crippen molar-refractivity contribution in [2.45, 2.75) is 25.8 Å². The van der Waals surface area contributed by atoms with Crippen LogP contribution < -0.4 is 19.5 Å². The monoisotopic (exact) mass is 451 g/mol. The number of hydrogen-bond acceptors (Lipinski definition) is 5. The van der Waals surface area contributed by atoms with Crippen molar-refractivity contribution < 1.29 is 23.8 Å². The molecule has 3 aliphatic rings. The highest BCUT2D eigenvalue weighted by Gasteiger charge is 2.36. The fourth-order valence-corrected chi connectivity index (χ4v) is 4.99. The van der Waals surface area contributed by atoms with Crippen LogP contribution in [-0.4, -0.2) is 55.3 Å². The van der Waals surface area contributed by atoms with Crippen LogP contribution in [0.5, 0.6) is 17.2 Å². The van der Waals surface area contributed by atoms with Crippen molar-refractivity contribution in [2.24, 2.45) is 11.8 Å². The van der Waals surface area contributed by atoms with Gasteiger partial charge in [-0.15, -0.1) is 0 Å². The second-order valence-electron chi connectivity index (χ2n) is 8.91. The molecule has 2 unspecified atom stereocenters. The summed E-state index contributed by atoms with van der Waals surface area (Å²) in [5.41, 5.74) is 1.75. The minimum Gasteiger partial charge on any atom is -0.497 e. The van der Waals surface area contributed by atoms with E-state index in [1.807, 2.05) is 52.3 Å². The molecular formula is C25H29N3O5. The molecule has 0 aliphatic carbocycles. The number of rotatable bonds is 4. The summed E-state index contributed by atoms with van der Waals surface area (Å²) in [5, 5.41) is 2.98. The maximum atomic E-state index is 13.0. The zero-order valence-electron chi connectivity index (χ0n) is 18.8. The smallest absolute Gasteiger partial charge is 0.321 e. The van der Waals surface area contributed by atoms with E-state index in [1.165, 1.54) is 0 Å². The molecule has 2 saturated heterocycles. The molecule has 3 aliphatic heterocycles. The van der Waals surface area contributed by atoms with Crippen molar-refractivity contribution >= 4 is 17.6 Å². The maximum absolute atomic E-state index is 13.0. The lowest BCUT2D eigenvalue weighted by molar-refractivity contribution is -0.132. The first-order chi connectivity index (χ1) is 16.1. The van der Waals surface area contributed by atoms with Gasteiger partial charge in [-0.1, -0.05) is 12.1 Å². The predicted octanol–water partition coefficient (Wildman–Crippen LogP) is 3.72. The average Bonchev–Trinajstić information content (AvgIpc) is 3.24. The van der Waals surface area contributed by atoms with Gasteiger partial charge in [0.1, 0.15) is 5.75 Å². The number of piperidine rings is 1. The molecule has 8 heteroatoms. The average molecular weight is 452 g/mol. The van der Waals surface area contributed by atoms with Crippen LogP contribution in [-0.2, 0) is 11.3 Å². The zero-order chi connectivity index (χ0) is 22.8. The molecule has 174 valence electrons. The van der Waals surface area contributed by atoms with Gasteiger partial charge in [-0.3, -0.25) is 4.79 Å². The van der Waals surface area contributed by atoms with Crippen LogP contribution in [0.25, 0.3) is 0 Å². The van der Waals surface area contributed by atoms with Gasteiger partial charge in [0, 0.05) is 44.4 Å². The van der Waals surface area contributed by atoms with Crippen molar-refractivity contribution in [2.75, 3.05) is 38.9 Å². The molecule has 2 aromatic rings. The van der Waals surface area contributed by atoms with E-state index in [1.54, 1.807) is 7.11 Å². The van der Waals surface area contributed by atoms with Crippen LogP contribution in [0.2, 0.25) is 0 Å². The largest absolute Gasteiger partial charge is 0.497 e. The second-order valence-corrected chi connectivity index (χ2v) is 8.91. The SMILES string of the molecule is COc1cccc(NC(=O)N2CCC3CC(=O)N(Cc4ccc5c(c4)OCO5)CCC3C2)c1. The minimum atomic E-state index is -0.102. The van der Waals surface area contributed by atoms with Crippen molar-refractivity contribution in [1.82, 2.24) is 9.80 Å². The fourth-order valence-electron chi connectivity index (χ4n) is 4.99. The quantitative estimate of drug-likeness (QED) is 0.767. The standard InChI is InChI=1S/C25H29N3O5/c1-31-21-4-2-3-20(13-21)26-25(30)28-10-7-18-12-24(29)27(9-8-19(18)15-28)14-17-5-6-22-23(11-17)33-16-32-22/h2-6,11,13,18-19H,7-10,12,14-16H2,1H3,(H,26,30). The highest BCUT2D eigenvalue weighted by Crippen LogP contribution is 2.35. The Morgan fingerprint density at radius 1 is 1.09 bits per heavy atom. The first kappa shape index (κ1) is 21.4. The predicted molar refractivity (Wildman–Crippen MR) is 122 cm³/mol. The molecule has 2 atom stereocenters. The summed E-state index contributed by atoms with van der Waals surface area (Å²) in [6.07, 6.45) is 2.28. The molecular weight excluding hydrogens is 422 g/mol. The van der Waals surface area contributed by atoms with Gasteiger partial charge in [0.15, 0.2) is 11.5 Å². The van der Waals surface area contributed by atoms with E-state index >= 15 is 0 Å². The van der Waals surface area contributed by atoms with Gasteiger partial charge in [-0.25, -0.2) is 4.79 Å². The van der Waals surface area contributed by atoms with Gasteiger partial charge in [0.2, 0.25) is 12.7 Å². The Labute approximate surface area is 193 Å². The molecule has 0 aromatic heterocycles. The van der Waals surface area contributed by atoms with E-state index in [0.29, 0.717) is 55.9 Å². The Hall–Kier alpha value is -3.42. The summed E-state index contributed by atoms with van der Waals surface area (Å²) < 4.78 is 16.1. The Bertz CT molecular complexity index is 1040. The molecule has 0 spiro atoms. The first-order valence-electron chi connectivity index (χ1n) is 11.5. The normalized spacial score (nSPS) is 21.9. The van der Waals surface area contributed by atoms with Crippen molar-refractivity contribution in [3.63, 3.8) is 0 Å². The number of ether oxygens (including phenoxy) is 3. The van der Waals surface area contributed by atoms with Crippen LogP contribution in [0.4, 0.5) is 10.5 Å². The number of carbonyl (C=O) groups excluding carboxylic acids is 2. The van der Waals surface area contributed by atoms with Gasteiger partial charge in [0.05, 0.1) is 7.11 Å². The van der Waals surface area contributed by atoms with Gasteiger partial charge in [0.25, 0.3) is 0 Å². The van der Waals surface area contributed by atoms with Crippen LogP contribution in [0.1, 0.15) is 24.8 Å².